The predicted octanol–water partition coefficient (Wildman–Crippen LogP) is 4.74. The molecule has 36 heavy (non-hydrogen) atoms. The molecule has 186 valence electrons. The van der Waals surface area contributed by atoms with Gasteiger partial charge >= 0.3 is 5.97 Å². The SMILES string of the molecule is CC.CC.N#Cc1nc(Cl)cn(-c2ccccc2)c1=O.O=C(O)c1nccn(-c2ccccc2)c1=O. The number of nitrogens with zero attached hydrogens (tertiary/aromatic N) is 5. The summed E-state index contributed by atoms with van der Waals surface area (Å²) in [5.41, 5.74) is -0.548. The standard InChI is InChI=1S/C11H6ClN3O.C11H8N2O3.2C2H6/c12-10-7-15(8-4-2-1-3-5-8)11(16)9(6-13)14-10;14-10-9(11(15)16)12-6-7-13(10)8-4-2-1-3-5-8;2*1-2/h1-5,7H;1-7H,(H,15,16);2*1-2H3. The molecule has 0 amide bonds. The minimum Gasteiger partial charge on any atom is -0.476 e. The summed E-state index contributed by atoms with van der Waals surface area (Å²) in [6, 6.07) is 19.4. The highest BCUT2D eigenvalue weighted by Gasteiger charge is 2.12. The number of aromatic carboxylic acids is 1. The van der Waals surface area contributed by atoms with Crippen LogP contribution in [0.15, 0.2) is 88.8 Å². The highest BCUT2D eigenvalue weighted by Crippen LogP contribution is 2.08. The third kappa shape index (κ3) is 7.75. The zero-order valence-electron chi connectivity index (χ0n) is 20.3. The van der Waals surface area contributed by atoms with E-state index < -0.39 is 22.8 Å². The molecule has 0 radical (unpaired) electrons. The van der Waals surface area contributed by atoms with Crippen molar-refractivity contribution in [2.75, 3.05) is 0 Å². The lowest BCUT2D eigenvalue weighted by atomic mass is 10.3. The summed E-state index contributed by atoms with van der Waals surface area (Å²) in [7, 11) is 0. The van der Waals surface area contributed by atoms with Crippen LogP contribution in [0.2, 0.25) is 5.15 Å². The Morgan fingerprint density at radius 3 is 1.86 bits per heavy atom. The van der Waals surface area contributed by atoms with Crippen LogP contribution in [0.25, 0.3) is 11.4 Å². The number of halogens is 1. The number of hydrogen-bond donors (Lipinski definition) is 1. The second kappa shape index (κ2) is 15.4. The maximum atomic E-state index is 11.8. The number of hydrogen-bond acceptors (Lipinski definition) is 6. The molecule has 10 heteroatoms. The van der Waals surface area contributed by atoms with Crippen LogP contribution in [0.5, 0.6) is 0 Å². The van der Waals surface area contributed by atoms with Crippen molar-refractivity contribution in [3.63, 3.8) is 0 Å². The van der Waals surface area contributed by atoms with Gasteiger partial charge in [-0.25, -0.2) is 14.8 Å². The van der Waals surface area contributed by atoms with Crippen molar-refractivity contribution < 1.29 is 9.90 Å². The van der Waals surface area contributed by atoms with Gasteiger partial charge < -0.3 is 5.11 Å². The molecule has 0 aliphatic rings. The van der Waals surface area contributed by atoms with Gasteiger partial charge in [-0.05, 0) is 24.3 Å². The third-order valence-electron chi connectivity index (χ3n) is 4.09. The molecule has 0 saturated heterocycles. The number of nitriles is 1. The van der Waals surface area contributed by atoms with E-state index in [4.69, 9.17) is 22.0 Å². The van der Waals surface area contributed by atoms with E-state index in [0.717, 1.165) is 0 Å². The highest BCUT2D eigenvalue weighted by atomic mass is 35.5. The van der Waals surface area contributed by atoms with Gasteiger partial charge in [-0.1, -0.05) is 75.7 Å². The molecule has 1 N–H and O–H groups in total. The van der Waals surface area contributed by atoms with Crippen LogP contribution in [-0.2, 0) is 0 Å². The fraction of sp³-hybridized carbons (Fsp3) is 0.154. The Kier molecular flexibility index (Phi) is 12.6. The average Bonchev–Trinajstić information content (AvgIpc) is 2.93. The zero-order chi connectivity index (χ0) is 27.1. The lowest BCUT2D eigenvalue weighted by molar-refractivity contribution is 0.0688. The van der Waals surface area contributed by atoms with E-state index in [9.17, 15) is 14.4 Å². The summed E-state index contributed by atoms with van der Waals surface area (Å²) in [5, 5.41) is 17.6. The first-order valence-corrected chi connectivity index (χ1v) is 11.4. The third-order valence-corrected chi connectivity index (χ3v) is 4.28. The molecular formula is C26H26ClN5O4. The maximum Gasteiger partial charge on any atom is 0.360 e. The average molecular weight is 508 g/mol. The summed E-state index contributed by atoms with van der Waals surface area (Å²) in [5.74, 6) is -1.32. The predicted molar refractivity (Wildman–Crippen MR) is 139 cm³/mol. The Morgan fingerprint density at radius 1 is 0.889 bits per heavy atom. The fourth-order valence-electron chi connectivity index (χ4n) is 2.67. The van der Waals surface area contributed by atoms with Gasteiger partial charge in [-0.15, -0.1) is 0 Å². The second-order valence-corrected chi connectivity index (χ2v) is 6.51. The van der Waals surface area contributed by atoms with Gasteiger partial charge in [0.1, 0.15) is 11.2 Å². The lowest BCUT2D eigenvalue weighted by Crippen LogP contribution is -2.26. The Bertz CT molecular complexity index is 1410. The van der Waals surface area contributed by atoms with Gasteiger partial charge in [0.2, 0.25) is 11.4 Å². The van der Waals surface area contributed by atoms with E-state index >= 15 is 0 Å². The van der Waals surface area contributed by atoms with E-state index in [1.165, 1.54) is 27.7 Å². The van der Waals surface area contributed by atoms with E-state index in [1.54, 1.807) is 54.6 Å². The molecule has 0 unspecified atom stereocenters. The number of benzene rings is 2. The molecule has 0 atom stereocenters. The maximum absolute atomic E-state index is 11.8. The van der Waals surface area contributed by atoms with E-state index in [1.807, 2.05) is 39.8 Å². The number of carboxylic acids is 1. The Morgan fingerprint density at radius 2 is 1.39 bits per heavy atom. The van der Waals surface area contributed by atoms with Crippen molar-refractivity contribution in [2.24, 2.45) is 0 Å². The molecule has 2 aromatic heterocycles. The van der Waals surface area contributed by atoms with Gasteiger partial charge in [0.15, 0.2) is 0 Å². The lowest BCUT2D eigenvalue weighted by Gasteiger charge is -2.05. The summed E-state index contributed by atoms with van der Waals surface area (Å²) < 4.78 is 2.55. The minimum absolute atomic E-state index is 0.111. The fourth-order valence-corrected chi connectivity index (χ4v) is 2.85. The highest BCUT2D eigenvalue weighted by molar-refractivity contribution is 6.29. The molecular weight excluding hydrogens is 482 g/mol. The van der Waals surface area contributed by atoms with Crippen LogP contribution >= 0.6 is 11.6 Å². The zero-order valence-corrected chi connectivity index (χ0v) is 21.0. The summed E-state index contributed by atoms with van der Waals surface area (Å²) in [6.45, 7) is 8.00. The van der Waals surface area contributed by atoms with Crippen LogP contribution in [-0.4, -0.2) is 30.2 Å². The summed E-state index contributed by atoms with van der Waals surface area (Å²) in [6.07, 6.45) is 4.11. The Labute approximate surface area is 213 Å². The first-order chi connectivity index (χ1) is 17.4. The monoisotopic (exact) mass is 507 g/mol. The molecule has 0 aliphatic carbocycles. The molecule has 2 heterocycles. The second-order valence-electron chi connectivity index (χ2n) is 6.13. The number of rotatable bonds is 3. The normalized spacial score (nSPS) is 9.11. The molecule has 0 bridgehead atoms. The molecule has 2 aromatic carbocycles. The van der Waals surface area contributed by atoms with Crippen LogP contribution < -0.4 is 11.1 Å². The number of aromatic nitrogens is 4. The van der Waals surface area contributed by atoms with Gasteiger partial charge in [0, 0.05) is 23.8 Å². The quantitative estimate of drug-likeness (QED) is 0.423. The Balaban J connectivity index is 0.000000317. The van der Waals surface area contributed by atoms with Gasteiger partial charge in [-0.3, -0.25) is 18.7 Å². The van der Waals surface area contributed by atoms with Crippen molar-refractivity contribution >= 4 is 17.6 Å². The van der Waals surface area contributed by atoms with Gasteiger partial charge in [-0.2, -0.15) is 5.26 Å². The van der Waals surface area contributed by atoms with Crippen LogP contribution in [0, 0.1) is 11.3 Å². The van der Waals surface area contributed by atoms with Gasteiger partial charge in [0.05, 0.1) is 6.20 Å². The molecule has 0 aliphatic heterocycles. The Hall–Kier alpha value is -4.55. The molecule has 9 nitrogen and oxygen atoms in total. The van der Waals surface area contributed by atoms with Crippen molar-refractivity contribution in [3.05, 3.63) is 117 Å². The molecule has 0 spiro atoms. The van der Waals surface area contributed by atoms with Crippen LogP contribution in [0.1, 0.15) is 43.9 Å². The van der Waals surface area contributed by atoms with Crippen molar-refractivity contribution in [2.45, 2.75) is 27.7 Å². The van der Waals surface area contributed by atoms with E-state index in [0.29, 0.717) is 11.4 Å². The minimum atomic E-state index is -1.32. The topological polar surface area (TPSA) is 131 Å². The number of carboxylic acid groups (broad SMARTS) is 1. The molecule has 4 rings (SSSR count). The van der Waals surface area contributed by atoms with E-state index in [2.05, 4.69) is 9.97 Å². The summed E-state index contributed by atoms with van der Waals surface area (Å²) >= 11 is 5.73. The van der Waals surface area contributed by atoms with Gasteiger partial charge in [0.25, 0.3) is 11.1 Å². The molecule has 4 aromatic rings. The molecule has 0 saturated carbocycles. The number of carbonyl (C=O) groups is 1. The van der Waals surface area contributed by atoms with Crippen molar-refractivity contribution in [1.29, 1.82) is 5.26 Å². The molecule has 0 fully saturated rings. The summed E-state index contributed by atoms with van der Waals surface area (Å²) in [4.78, 5) is 41.4. The van der Waals surface area contributed by atoms with Crippen molar-refractivity contribution in [1.82, 2.24) is 19.1 Å². The van der Waals surface area contributed by atoms with E-state index in [-0.39, 0.29) is 10.8 Å². The van der Waals surface area contributed by atoms with Crippen LogP contribution in [0.3, 0.4) is 0 Å². The van der Waals surface area contributed by atoms with Crippen LogP contribution in [0.4, 0.5) is 0 Å². The van der Waals surface area contributed by atoms with Crippen molar-refractivity contribution in [3.8, 4) is 17.4 Å². The number of para-hydroxylation sites is 2. The largest absolute Gasteiger partial charge is 0.476 e. The first kappa shape index (κ1) is 29.5. The smallest absolute Gasteiger partial charge is 0.360 e. The first-order valence-electron chi connectivity index (χ1n) is 11.0.